The van der Waals surface area contributed by atoms with Crippen LogP contribution in [0.25, 0.3) is 0 Å². The van der Waals surface area contributed by atoms with Crippen molar-refractivity contribution < 1.29 is 18.7 Å². The molecular weight excluding hydrogens is 297 g/mol. The van der Waals surface area contributed by atoms with E-state index in [2.05, 4.69) is 5.32 Å². The summed E-state index contributed by atoms with van der Waals surface area (Å²) in [5.41, 5.74) is -0.110. The lowest BCUT2D eigenvalue weighted by Gasteiger charge is -2.25. The smallest absolute Gasteiger partial charge is 0.263 e. The van der Waals surface area contributed by atoms with Gasteiger partial charge in [0.1, 0.15) is 17.3 Å². The topological polar surface area (TPSA) is 47.6 Å². The van der Waals surface area contributed by atoms with Gasteiger partial charge in [-0.05, 0) is 55.8 Å². The Morgan fingerprint density at radius 3 is 2.17 bits per heavy atom. The first-order valence-electron chi connectivity index (χ1n) is 7.26. The minimum absolute atomic E-state index is 0.252. The molecular formula is C18H20FNO3. The molecule has 0 saturated heterocycles. The van der Waals surface area contributed by atoms with Gasteiger partial charge in [0.15, 0.2) is 5.60 Å². The Balaban J connectivity index is 1.93. The average Bonchev–Trinajstić information content (AvgIpc) is 2.55. The first-order valence-corrected chi connectivity index (χ1v) is 7.26. The maximum Gasteiger partial charge on any atom is 0.263 e. The van der Waals surface area contributed by atoms with Gasteiger partial charge >= 0.3 is 0 Å². The molecule has 0 saturated carbocycles. The van der Waals surface area contributed by atoms with E-state index in [1.165, 1.54) is 24.3 Å². The molecule has 0 aliphatic heterocycles. The van der Waals surface area contributed by atoms with Gasteiger partial charge in [0.2, 0.25) is 0 Å². The van der Waals surface area contributed by atoms with Crippen molar-refractivity contribution in [3.63, 3.8) is 0 Å². The van der Waals surface area contributed by atoms with E-state index < -0.39 is 5.60 Å². The number of ether oxygens (including phenoxy) is 2. The monoisotopic (exact) mass is 317 g/mol. The van der Waals surface area contributed by atoms with E-state index >= 15 is 0 Å². The third-order valence-electron chi connectivity index (χ3n) is 3.35. The molecule has 0 aliphatic carbocycles. The van der Waals surface area contributed by atoms with Gasteiger partial charge < -0.3 is 14.8 Å². The van der Waals surface area contributed by atoms with Crippen LogP contribution >= 0.6 is 0 Å². The molecule has 0 aromatic heterocycles. The molecule has 23 heavy (non-hydrogen) atoms. The molecule has 0 atom stereocenters. The minimum atomic E-state index is -1.07. The quantitative estimate of drug-likeness (QED) is 0.889. The lowest BCUT2D eigenvalue weighted by molar-refractivity contribution is -0.134. The van der Waals surface area contributed by atoms with Gasteiger partial charge in [-0.25, -0.2) is 4.39 Å². The molecule has 0 aliphatic rings. The Hall–Kier alpha value is -2.56. The highest BCUT2D eigenvalue weighted by Gasteiger charge is 2.29. The van der Waals surface area contributed by atoms with Crippen LogP contribution in [-0.2, 0) is 11.3 Å². The Labute approximate surface area is 135 Å². The van der Waals surface area contributed by atoms with Crippen molar-refractivity contribution >= 4 is 5.91 Å². The van der Waals surface area contributed by atoms with Gasteiger partial charge in [-0.1, -0.05) is 12.1 Å². The van der Waals surface area contributed by atoms with Crippen LogP contribution in [0.2, 0.25) is 0 Å². The van der Waals surface area contributed by atoms with Crippen molar-refractivity contribution in [3.05, 3.63) is 59.9 Å². The highest BCUT2D eigenvalue weighted by Crippen LogP contribution is 2.19. The lowest BCUT2D eigenvalue weighted by Crippen LogP contribution is -2.46. The maximum absolute atomic E-state index is 12.9. The third kappa shape index (κ3) is 4.71. The first-order chi connectivity index (χ1) is 10.9. The molecule has 0 fully saturated rings. The van der Waals surface area contributed by atoms with Gasteiger partial charge in [-0.15, -0.1) is 0 Å². The van der Waals surface area contributed by atoms with Crippen LogP contribution in [0.1, 0.15) is 19.4 Å². The van der Waals surface area contributed by atoms with Crippen molar-refractivity contribution in [2.24, 2.45) is 0 Å². The number of methoxy groups -OCH3 is 1. The maximum atomic E-state index is 12.9. The molecule has 5 heteroatoms. The molecule has 1 N–H and O–H groups in total. The summed E-state index contributed by atoms with van der Waals surface area (Å²) in [4.78, 5) is 12.3. The molecule has 0 bridgehead atoms. The third-order valence-corrected chi connectivity index (χ3v) is 3.35. The van der Waals surface area contributed by atoms with Crippen LogP contribution in [0.5, 0.6) is 11.5 Å². The zero-order valence-electron chi connectivity index (χ0n) is 13.4. The van der Waals surface area contributed by atoms with Crippen LogP contribution in [-0.4, -0.2) is 18.6 Å². The SMILES string of the molecule is COc1ccc(CNC(=O)C(C)(C)Oc2ccc(F)cc2)cc1. The second-order valence-corrected chi connectivity index (χ2v) is 5.60. The fourth-order valence-corrected chi connectivity index (χ4v) is 1.98. The number of nitrogens with one attached hydrogen (secondary N) is 1. The second-order valence-electron chi connectivity index (χ2n) is 5.60. The van der Waals surface area contributed by atoms with E-state index in [-0.39, 0.29) is 11.7 Å². The molecule has 1 amide bonds. The van der Waals surface area contributed by atoms with Gasteiger partial charge in [0.25, 0.3) is 5.91 Å². The predicted molar refractivity (Wildman–Crippen MR) is 85.9 cm³/mol. The number of hydrogen-bond acceptors (Lipinski definition) is 3. The summed E-state index contributed by atoms with van der Waals surface area (Å²) >= 11 is 0. The van der Waals surface area contributed by atoms with Gasteiger partial charge in [0, 0.05) is 6.54 Å². The summed E-state index contributed by atoms with van der Waals surface area (Å²) in [5.74, 6) is 0.604. The molecule has 2 aromatic carbocycles. The molecule has 0 heterocycles. The fraction of sp³-hybridized carbons (Fsp3) is 0.278. The number of carbonyl (C=O) groups is 1. The van der Waals surface area contributed by atoms with E-state index in [1.54, 1.807) is 21.0 Å². The van der Waals surface area contributed by atoms with Crippen LogP contribution in [0.4, 0.5) is 4.39 Å². The fourth-order valence-electron chi connectivity index (χ4n) is 1.98. The van der Waals surface area contributed by atoms with Crippen molar-refractivity contribution in [3.8, 4) is 11.5 Å². The highest BCUT2D eigenvalue weighted by molar-refractivity contribution is 5.84. The van der Waals surface area contributed by atoms with Crippen LogP contribution < -0.4 is 14.8 Å². The standard InChI is InChI=1S/C18H20FNO3/c1-18(2,23-16-10-6-14(19)7-11-16)17(21)20-12-13-4-8-15(22-3)9-5-13/h4-11H,12H2,1-3H3,(H,20,21). The number of hydrogen-bond donors (Lipinski definition) is 1. The summed E-state index contributed by atoms with van der Waals surface area (Å²) < 4.78 is 23.6. The second kappa shape index (κ2) is 7.13. The largest absolute Gasteiger partial charge is 0.497 e. The molecule has 4 nitrogen and oxygen atoms in total. The van der Waals surface area contributed by atoms with Crippen molar-refractivity contribution in [1.82, 2.24) is 5.32 Å². The van der Waals surface area contributed by atoms with E-state index in [0.29, 0.717) is 12.3 Å². The Kier molecular flexibility index (Phi) is 5.21. The summed E-state index contributed by atoms with van der Waals surface area (Å²) in [6.07, 6.45) is 0. The number of halogens is 1. The minimum Gasteiger partial charge on any atom is -0.497 e. The number of amides is 1. The summed E-state index contributed by atoms with van der Waals surface area (Å²) in [6, 6.07) is 13.0. The van der Waals surface area contributed by atoms with E-state index in [4.69, 9.17) is 9.47 Å². The normalized spacial score (nSPS) is 11.0. The molecule has 2 rings (SSSR count). The Bertz CT molecular complexity index is 651. The van der Waals surface area contributed by atoms with Crippen LogP contribution in [0.15, 0.2) is 48.5 Å². The van der Waals surface area contributed by atoms with E-state index in [0.717, 1.165) is 11.3 Å². The molecule has 0 spiro atoms. The van der Waals surface area contributed by atoms with Crippen molar-refractivity contribution in [2.45, 2.75) is 26.0 Å². The van der Waals surface area contributed by atoms with Gasteiger partial charge in [-0.2, -0.15) is 0 Å². The zero-order valence-corrected chi connectivity index (χ0v) is 13.4. The van der Waals surface area contributed by atoms with Crippen molar-refractivity contribution in [1.29, 1.82) is 0 Å². The van der Waals surface area contributed by atoms with Gasteiger partial charge in [0.05, 0.1) is 7.11 Å². The predicted octanol–water partition coefficient (Wildman–Crippen LogP) is 3.31. The van der Waals surface area contributed by atoms with E-state index in [9.17, 15) is 9.18 Å². The molecule has 0 unspecified atom stereocenters. The van der Waals surface area contributed by atoms with E-state index in [1.807, 2.05) is 24.3 Å². The lowest BCUT2D eigenvalue weighted by atomic mass is 10.1. The summed E-state index contributed by atoms with van der Waals surface area (Å²) in [5, 5.41) is 2.83. The summed E-state index contributed by atoms with van der Waals surface area (Å²) in [6.45, 7) is 3.72. The Morgan fingerprint density at radius 1 is 1.04 bits per heavy atom. The molecule has 0 radical (unpaired) electrons. The zero-order chi connectivity index (χ0) is 16.9. The molecule has 122 valence electrons. The van der Waals surface area contributed by atoms with Crippen LogP contribution in [0, 0.1) is 5.82 Å². The van der Waals surface area contributed by atoms with Gasteiger partial charge in [-0.3, -0.25) is 4.79 Å². The average molecular weight is 317 g/mol. The Morgan fingerprint density at radius 2 is 1.61 bits per heavy atom. The molecule has 2 aromatic rings. The number of rotatable bonds is 6. The summed E-state index contributed by atoms with van der Waals surface area (Å²) in [7, 11) is 1.60. The van der Waals surface area contributed by atoms with Crippen molar-refractivity contribution in [2.75, 3.05) is 7.11 Å². The number of benzene rings is 2. The highest BCUT2D eigenvalue weighted by atomic mass is 19.1. The number of carbonyl (C=O) groups excluding carboxylic acids is 1. The first kappa shape index (κ1) is 16.8. The van der Waals surface area contributed by atoms with Crippen LogP contribution in [0.3, 0.4) is 0 Å².